The number of fused-ring (bicyclic) bond motifs is 1. The summed E-state index contributed by atoms with van der Waals surface area (Å²) in [5.41, 5.74) is 7.53. The van der Waals surface area contributed by atoms with E-state index in [9.17, 15) is 14.4 Å². The molecule has 140 valence electrons. The number of hydrogen-bond acceptors (Lipinski definition) is 4. The highest BCUT2D eigenvalue weighted by molar-refractivity contribution is 6.34. The third-order valence-corrected chi connectivity index (χ3v) is 4.33. The molecule has 0 atom stereocenters. The van der Waals surface area contributed by atoms with Gasteiger partial charge in [-0.3, -0.25) is 14.5 Å². The molecule has 0 radical (unpaired) electrons. The van der Waals surface area contributed by atoms with Crippen LogP contribution >= 0.6 is 11.6 Å². The number of nitrogens with one attached hydrogen (secondary N) is 2. The minimum absolute atomic E-state index is 0.167. The summed E-state index contributed by atoms with van der Waals surface area (Å²) in [4.78, 5) is 38.3. The van der Waals surface area contributed by atoms with Crippen LogP contribution in [0.2, 0.25) is 5.02 Å². The molecule has 0 saturated heterocycles. The zero-order valence-electron chi connectivity index (χ0n) is 14.9. The van der Waals surface area contributed by atoms with Gasteiger partial charge in [0.1, 0.15) is 0 Å². The molecule has 2 aromatic carbocycles. The average molecular weight is 387 g/mol. The van der Waals surface area contributed by atoms with Gasteiger partial charge in [0.2, 0.25) is 0 Å². The van der Waals surface area contributed by atoms with Gasteiger partial charge in [-0.25, -0.2) is 4.79 Å². The van der Waals surface area contributed by atoms with Gasteiger partial charge < -0.3 is 16.4 Å². The zero-order valence-corrected chi connectivity index (χ0v) is 15.6. The Labute approximate surface area is 161 Å². The second-order valence-electron chi connectivity index (χ2n) is 6.69. The zero-order chi connectivity index (χ0) is 19.7. The van der Waals surface area contributed by atoms with E-state index in [2.05, 4.69) is 10.6 Å². The first kappa shape index (κ1) is 18.7. The molecule has 1 aliphatic rings. The Morgan fingerprint density at radius 3 is 2.44 bits per heavy atom. The van der Waals surface area contributed by atoms with Crippen molar-refractivity contribution in [1.29, 1.82) is 0 Å². The Morgan fingerprint density at radius 1 is 1.07 bits per heavy atom. The number of carbonyl (C=O) groups is 3. The fraction of sp³-hybridized carbons (Fsp3) is 0.211. The molecule has 0 fully saturated rings. The number of nitrogen functional groups attached to an aromatic ring is 1. The molecule has 1 aliphatic heterocycles. The van der Waals surface area contributed by atoms with Crippen molar-refractivity contribution in [3.8, 4) is 0 Å². The van der Waals surface area contributed by atoms with E-state index in [1.54, 1.807) is 24.3 Å². The van der Waals surface area contributed by atoms with Crippen LogP contribution in [-0.2, 0) is 0 Å². The van der Waals surface area contributed by atoms with Gasteiger partial charge in [-0.2, -0.15) is 0 Å². The lowest BCUT2D eigenvalue weighted by Crippen LogP contribution is -2.33. The van der Waals surface area contributed by atoms with Gasteiger partial charge in [0.15, 0.2) is 0 Å². The molecule has 4 amide bonds. The number of nitrogens with two attached hydrogens (primary N) is 1. The molecule has 0 aromatic heterocycles. The molecule has 0 unspecified atom stereocenters. The first-order chi connectivity index (χ1) is 12.8. The normalized spacial score (nSPS) is 13.1. The Balaban J connectivity index is 1.75. The summed E-state index contributed by atoms with van der Waals surface area (Å²) in [6.45, 7) is 4.22. The predicted molar refractivity (Wildman–Crippen MR) is 105 cm³/mol. The lowest BCUT2D eigenvalue weighted by atomic mass is 10.1. The second-order valence-corrected chi connectivity index (χ2v) is 7.10. The number of hydrogen-bond donors (Lipinski definition) is 3. The van der Waals surface area contributed by atoms with Crippen LogP contribution < -0.4 is 16.4 Å². The molecule has 7 nitrogen and oxygen atoms in total. The summed E-state index contributed by atoms with van der Waals surface area (Å²) in [7, 11) is 0. The Hall–Kier alpha value is -3.06. The predicted octanol–water partition coefficient (Wildman–Crippen LogP) is 3.82. The van der Waals surface area contributed by atoms with Gasteiger partial charge in [0.05, 0.1) is 21.8 Å². The molecule has 8 heteroatoms. The third kappa shape index (κ3) is 3.88. The summed E-state index contributed by atoms with van der Waals surface area (Å²) in [5.74, 6) is -0.497. The molecule has 4 N–H and O–H groups in total. The van der Waals surface area contributed by atoms with Gasteiger partial charge in [-0.05, 0) is 42.3 Å². The summed E-state index contributed by atoms with van der Waals surface area (Å²) in [6, 6.07) is 8.82. The van der Waals surface area contributed by atoms with E-state index in [1.807, 2.05) is 13.8 Å². The Bertz CT molecular complexity index is 943. The summed E-state index contributed by atoms with van der Waals surface area (Å²) in [6.07, 6.45) is 0. The minimum atomic E-state index is -0.530. The van der Waals surface area contributed by atoms with Crippen molar-refractivity contribution in [3.63, 3.8) is 0 Å². The maximum absolute atomic E-state index is 12.5. The molecule has 0 aliphatic carbocycles. The smallest absolute Gasteiger partial charge is 0.323 e. The highest BCUT2D eigenvalue weighted by Crippen LogP contribution is 2.27. The lowest BCUT2D eigenvalue weighted by Gasteiger charge is -2.15. The number of amides is 4. The van der Waals surface area contributed by atoms with Crippen molar-refractivity contribution >= 4 is 46.5 Å². The minimum Gasteiger partial charge on any atom is -0.399 e. The molecule has 0 bridgehead atoms. The van der Waals surface area contributed by atoms with Crippen molar-refractivity contribution in [2.45, 2.75) is 13.8 Å². The molecule has 1 heterocycles. The number of nitrogens with zero attached hydrogens (tertiary/aromatic N) is 1. The average Bonchev–Trinajstić information content (AvgIpc) is 2.82. The molecular formula is C19H19ClN4O3. The Morgan fingerprint density at radius 2 is 1.78 bits per heavy atom. The van der Waals surface area contributed by atoms with E-state index in [4.69, 9.17) is 17.3 Å². The number of rotatable bonds is 4. The number of halogens is 1. The van der Waals surface area contributed by atoms with E-state index in [-0.39, 0.29) is 23.3 Å². The van der Waals surface area contributed by atoms with Crippen molar-refractivity contribution in [2.24, 2.45) is 5.92 Å². The monoisotopic (exact) mass is 386 g/mol. The highest BCUT2D eigenvalue weighted by Gasteiger charge is 2.35. The fourth-order valence-corrected chi connectivity index (χ4v) is 3.05. The molecule has 27 heavy (non-hydrogen) atoms. The van der Waals surface area contributed by atoms with Gasteiger partial charge in [-0.15, -0.1) is 0 Å². The van der Waals surface area contributed by atoms with Crippen LogP contribution in [0.25, 0.3) is 0 Å². The van der Waals surface area contributed by atoms with Crippen molar-refractivity contribution < 1.29 is 14.4 Å². The third-order valence-electron chi connectivity index (χ3n) is 4.02. The van der Waals surface area contributed by atoms with Gasteiger partial charge >= 0.3 is 6.03 Å². The standard InChI is InChI=1S/C19H19ClN4O3/c1-10(2)9-24-17(25)13-5-4-12(8-14(13)18(24)26)22-19(27)23-16-6-3-11(21)7-15(16)20/h3-8,10H,9,21H2,1-2H3,(H2,22,23,27). The maximum Gasteiger partial charge on any atom is 0.323 e. The van der Waals surface area contributed by atoms with E-state index < -0.39 is 6.03 Å². The highest BCUT2D eigenvalue weighted by atomic mass is 35.5. The van der Waals surface area contributed by atoms with Crippen LogP contribution in [0.15, 0.2) is 36.4 Å². The van der Waals surface area contributed by atoms with E-state index in [0.29, 0.717) is 34.2 Å². The summed E-state index contributed by atoms with van der Waals surface area (Å²) < 4.78 is 0. The number of imide groups is 1. The molecule has 0 saturated carbocycles. The largest absolute Gasteiger partial charge is 0.399 e. The van der Waals surface area contributed by atoms with E-state index in [0.717, 1.165) is 0 Å². The molecule has 0 spiro atoms. The number of carbonyl (C=O) groups excluding carboxylic acids is 3. The van der Waals surface area contributed by atoms with Gasteiger partial charge in [0.25, 0.3) is 11.8 Å². The van der Waals surface area contributed by atoms with Crippen LogP contribution in [0.4, 0.5) is 21.9 Å². The van der Waals surface area contributed by atoms with Crippen LogP contribution in [0.1, 0.15) is 34.6 Å². The summed E-state index contributed by atoms with van der Waals surface area (Å²) >= 11 is 6.04. The second kappa shape index (κ2) is 7.28. The van der Waals surface area contributed by atoms with E-state index in [1.165, 1.54) is 17.0 Å². The van der Waals surface area contributed by atoms with Crippen molar-refractivity contribution in [2.75, 3.05) is 22.9 Å². The van der Waals surface area contributed by atoms with Crippen molar-refractivity contribution in [1.82, 2.24) is 4.90 Å². The maximum atomic E-state index is 12.5. The topological polar surface area (TPSA) is 105 Å². The van der Waals surface area contributed by atoms with Crippen LogP contribution in [0.3, 0.4) is 0 Å². The van der Waals surface area contributed by atoms with Gasteiger partial charge in [0, 0.05) is 17.9 Å². The molecule has 3 rings (SSSR count). The number of urea groups is 1. The fourth-order valence-electron chi connectivity index (χ4n) is 2.82. The first-order valence-electron chi connectivity index (χ1n) is 8.39. The number of anilines is 3. The van der Waals surface area contributed by atoms with Gasteiger partial charge in [-0.1, -0.05) is 25.4 Å². The lowest BCUT2D eigenvalue weighted by molar-refractivity contribution is 0.0636. The summed E-state index contributed by atoms with van der Waals surface area (Å²) in [5, 5.41) is 5.55. The Kier molecular flexibility index (Phi) is 5.05. The van der Waals surface area contributed by atoms with Crippen LogP contribution in [-0.4, -0.2) is 29.3 Å². The SMILES string of the molecule is CC(C)CN1C(=O)c2ccc(NC(=O)Nc3ccc(N)cc3Cl)cc2C1=O. The first-order valence-corrected chi connectivity index (χ1v) is 8.77. The number of benzene rings is 2. The van der Waals surface area contributed by atoms with Crippen molar-refractivity contribution in [3.05, 3.63) is 52.5 Å². The van der Waals surface area contributed by atoms with Crippen LogP contribution in [0.5, 0.6) is 0 Å². The molecule has 2 aromatic rings. The van der Waals surface area contributed by atoms with E-state index >= 15 is 0 Å². The quantitative estimate of drug-likeness (QED) is 0.548. The van der Waals surface area contributed by atoms with Crippen LogP contribution in [0, 0.1) is 5.92 Å². The molecular weight excluding hydrogens is 368 g/mol.